The summed E-state index contributed by atoms with van der Waals surface area (Å²) in [5.41, 5.74) is 5.24. The molecule has 1 fully saturated rings. The molecule has 1 aliphatic carbocycles. The molecule has 0 spiro atoms. The van der Waals surface area contributed by atoms with Gasteiger partial charge in [-0.2, -0.15) is 0 Å². The first-order valence-corrected chi connectivity index (χ1v) is 8.51. The van der Waals surface area contributed by atoms with Crippen LogP contribution in [-0.4, -0.2) is 22.6 Å². The molecule has 0 heterocycles. The van der Waals surface area contributed by atoms with Crippen LogP contribution >= 0.6 is 0 Å². The van der Waals surface area contributed by atoms with Crippen molar-refractivity contribution in [1.29, 1.82) is 0 Å². The molecular formula is C17H32N2O3. The van der Waals surface area contributed by atoms with Gasteiger partial charge in [0.2, 0.25) is 0 Å². The van der Waals surface area contributed by atoms with Gasteiger partial charge in [-0.15, -0.1) is 0 Å². The molecule has 1 saturated carbocycles. The highest BCUT2D eigenvalue weighted by Gasteiger charge is 2.23. The normalized spacial score (nSPS) is 19.0. The molecule has 0 radical (unpaired) electrons. The maximum Gasteiger partial charge on any atom is 0.307 e. The fraction of sp³-hybridized carbons (Fsp3) is 0.882. The maximum atomic E-state index is 11.9. The SMILES string of the molecule is CC(C)(C)OC(=O)CC(CCCC1CCCCC1)/C(N)=N/O. The van der Waals surface area contributed by atoms with Gasteiger partial charge in [0, 0.05) is 5.92 Å². The first-order valence-electron chi connectivity index (χ1n) is 8.51. The van der Waals surface area contributed by atoms with Crippen LogP contribution in [-0.2, 0) is 9.53 Å². The summed E-state index contributed by atoms with van der Waals surface area (Å²) >= 11 is 0. The number of nitrogens with two attached hydrogens (primary N) is 1. The standard InChI is InChI=1S/C17H32N2O3/c1-17(2,3)22-15(20)12-14(16(18)19-21)11-7-10-13-8-5-4-6-9-13/h13-14,21H,4-12H2,1-3H3,(H2,18,19). The Balaban J connectivity index is 2.41. The highest BCUT2D eigenvalue weighted by Crippen LogP contribution is 2.29. The van der Waals surface area contributed by atoms with Gasteiger partial charge in [0.1, 0.15) is 11.4 Å². The zero-order valence-corrected chi connectivity index (χ0v) is 14.3. The number of carbonyl (C=O) groups is 1. The minimum Gasteiger partial charge on any atom is -0.460 e. The summed E-state index contributed by atoms with van der Waals surface area (Å²) < 4.78 is 5.33. The zero-order valence-electron chi connectivity index (χ0n) is 14.3. The van der Waals surface area contributed by atoms with E-state index in [0.717, 1.165) is 18.8 Å². The lowest BCUT2D eigenvalue weighted by Crippen LogP contribution is -2.30. The summed E-state index contributed by atoms with van der Waals surface area (Å²) in [5, 5.41) is 12.0. The third-order valence-corrected chi connectivity index (χ3v) is 4.26. The number of rotatable bonds is 7. The Morgan fingerprint density at radius 1 is 1.32 bits per heavy atom. The van der Waals surface area contributed by atoms with E-state index in [1.54, 1.807) is 0 Å². The largest absolute Gasteiger partial charge is 0.460 e. The van der Waals surface area contributed by atoms with E-state index in [4.69, 9.17) is 15.7 Å². The van der Waals surface area contributed by atoms with Gasteiger partial charge in [0.25, 0.3) is 0 Å². The smallest absolute Gasteiger partial charge is 0.307 e. The lowest BCUT2D eigenvalue weighted by molar-refractivity contribution is -0.155. The number of oxime groups is 1. The Labute approximate surface area is 134 Å². The Kier molecular flexibility index (Phi) is 7.69. The van der Waals surface area contributed by atoms with Crippen molar-refractivity contribution in [3.05, 3.63) is 0 Å². The van der Waals surface area contributed by atoms with Crippen molar-refractivity contribution in [3.63, 3.8) is 0 Å². The first kappa shape index (κ1) is 18.8. The van der Waals surface area contributed by atoms with Crippen LogP contribution in [0.2, 0.25) is 0 Å². The number of esters is 1. The summed E-state index contributed by atoms with van der Waals surface area (Å²) in [6.07, 6.45) is 9.81. The second-order valence-electron chi connectivity index (χ2n) is 7.45. The van der Waals surface area contributed by atoms with Crippen LogP contribution < -0.4 is 5.73 Å². The predicted octanol–water partition coefficient (Wildman–Crippen LogP) is 3.83. The minimum atomic E-state index is -0.505. The third kappa shape index (κ3) is 7.66. The van der Waals surface area contributed by atoms with Crippen LogP contribution in [0.4, 0.5) is 0 Å². The van der Waals surface area contributed by atoms with E-state index >= 15 is 0 Å². The molecule has 0 aromatic heterocycles. The van der Waals surface area contributed by atoms with Crippen molar-refractivity contribution in [2.24, 2.45) is 22.7 Å². The van der Waals surface area contributed by atoms with Crippen LogP contribution in [0.15, 0.2) is 5.16 Å². The van der Waals surface area contributed by atoms with Crippen LogP contribution in [0.25, 0.3) is 0 Å². The zero-order chi connectivity index (χ0) is 16.6. The van der Waals surface area contributed by atoms with Gasteiger partial charge >= 0.3 is 5.97 Å². The monoisotopic (exact) mass is 312 g/mol. The van der Waals surface area contributed by atoms with Crippen molar-refractivity contribution in [2.45, 2.75) is 84.2 Å². The topological polar surface area (TPSA) is 84.9 Å². The molecule has 5 heteroatoms. The van der Waals surface area contributed by atoms with Crippen molar-refractivity contribution in [1.82, 2.24) is 0 Å². The van der Waals surface area contributed by atoms with Gasteiger partial charge in [-0.25, -0.2) is 0 Å². The van der Waals surface area contributed by atoms with E-state index in [1.807, 2.05) is 20.8 Å². The molecule has 1 rings (SSSR count). The van der Waals surface area contributed by atoms with E-state index in [-0.39, 0.29) is 24.1 Å². The van der Waals surface area contributed by atoms with Crippen molar-refractivity contribution >= 4 is 11.8 Å². The van der Waals surface area contributed by atoms with E-state index in [2.05, 4.69) is 5.16 Å². The second-order valence-corrected chi connectivity index (χ2v) is 7.45. The molecule has 0 saturated heterocycles. The van der Waals surface area contributed by atoms with Crippen LogP contribution in [0, 0.1) is 11.8 Å². The quantitative estimate of drug-likeness (QED) is 0.246. The number of hydrogen-bond acceptors (Lipinski definition) is 4. The number of hydrogen-bond donors (Lipinski definition) is 2. The van der Waals surface area contributed by atoms with Gasteiger partial charge in [-0.1, -0.05) is 50.1 Å². The lowest BCUT2D eigenvalue weighted by atomic mass is 9.84. The Bertz CT molecular complexity index is 369. The summed E-state index contributed by atoms with van der Waals surface area (Å²) in [6, 6.07) is 0. The van der Waals surface area contributed by atoms with E-state index in [0.29, 0.717) is 0 Å². The highest BCUT2D eigenvalue weighted by molar-refractivity contribution is 5.86. The predicted molar refractivity (Wildman–Crippen MR) is 87.8 cm³/mol. The minimum absolute atomic E-state index is 0.134. The second kappa shape index (κ2) is 9.01. The van der Waals surface area contributed by atoms with E-state index in [9.17, 15) is 4.79 Å². The maximum absolute atomic E-state index is 11.9. The average Bonchev–Trinajstić information content (AvgIpc) is 2.44. The first-order chi connectivity index (χ1) is 10.3. The molecule has 128 valence electrons. The molecule has 0 aromatic rings. The Hall–Kier alpha value is -1.26. The van der Waals surface area contributed by atoms with Crippen molar-refractivity contribution in [3.8, 4) is 0 Å². The van der Waals surface area contributed by atoms with Gasteiger partial charge in [-0.3, -0.25) is 4.79 Å². The molecule has 0 aromatic carbocycles. The van der Waals surface area contributed by atoms with Crippen molar-refractivity contribution in [2.75, 3.05) is 0 Å². The fourth-order valence-electron chi connectivity index (χ4n) is 3.15. The van der Waals surface area contributed by atoms with E-state index < -0.39 is 5.60 Å². The van der Waals surface area contributed by atoms with E-state index in [1.165, 1.54) is 38.5 Å². The van der Waals surface area contributed by atoms with Gasteiger partial charge < -0.3 is 15.7 Å². The molecule has 0 amide bonds. The molecule has 1 atom stereocenters. The lowest BCUT2D eigenvalue weighted by Gasteiger charge is -2.23. The summed E-state index contributed by atoms with van der Waals surface area (Å²) in [5.74, 6) is 0.419. The summed E-state index contributed by atoms with van der Waals surface area (Å²) in [4.78, 5) is 11.9. The number of ether oxygens (including phenoxy) is 1. The molecule has 22 heavy (non-hydrogen) atoms. The summed E-state index contributed by atoms with van der Waals surface area (Å²) in [6.45, 7) is 5.52. The van der Waals surface area contributed by atoms with Gasteiger partial charge in [0.05, 0.1) is 6.42 Å². The van der Waals surface area contributed by atoms with Crippen molar-refractivity contribution < 1.29 is 14.7 Å². The van der Waals surface area contributed by atoms with Crippen LogP contribution in [0.3, 0.4) is 0 Å². The average molecular weight is 312 g/mol. The molecule has 0 bridgehead atoms. The molecular weight excluding hydrogens is 280 g/mol. The summed E-state index contributed by atoms with van der Waals surface area (Å²) in [7, 11) is 0. The Morgan fingerprint density at radius 2 is 1.95 bits per heavy atom. The van der Waals surface area contributed by atoms with Crippen LogP contribution in [0.1, 0.15) is 78.6 Å². The van der Waals surface area contributed by atoms with Crippen LogP contribution in [0.5, 0.6) is 0 Å². The van der Waals surface area contributed by atoms with Gasteiger partial charge in [0.15, 0.2) is 0 Å². The fourth-order valence-corrected chi connectivity index (χ4v) is 3.15. The molecule has 3 N–H and O–H groups in total. The Morgan fingerprint density at radius 3 is 2.50 bits per heavy atom. The molecule has 5 nitrogen and oxygen atoms in total. The third-order valence-electron chi connectivity index (χ3n) is 4.26. The number of amidine groups is 1. The molecule has 0 aliphatic heterocycles. The highest BCUT2D eigenvalue weighted by atomic mass is 16.6. The molecule has 1 unspecified atom stereocenters. The number of nitrogens with zero attached hydrogens (tertiary/aromatic N) is 1. The number of carbonyl (C=O) groups excluding carboxylic acids is 1. The molecule has 1 aliphatic rings. The van der Waals surface area contributed by atoms with Gasteiger partial charge in [-0.05, 0) is 33.1 Å².